The number of nitrogens with zero attached hydrogens (tertiary/aromatic N) is 2. The Hall–Kier alpha value is -1.26. The third-order valence-electron chi connectivity index (χ3n) is 5.04. The summed E-state index contributed by atoms with van der Waals surface area (Å²) in [6, 6.07) is 7.36. The number of amides is 1. The first-order valence-corrected chi connectivity index (χ1v) is 8.35. The van der Waals surface area contributed by atoms with Crippen LogP contribution in [0.1, 0.15) is 25.7 Å². The maximum atomic E-state index is 12.4. The molecule has 1 amide bonds. The largest absolute Gasteiger partial charge is 0.491 e. The molecule has 2 aliphatic rings. The number of para-hydroxylation sites is 1. The first-order valence-electron chi connectivity index (χ1n) is 7.97. The summed E-state index contributed by atoms with van der Waals surface area (Å²) < 4.78 is 5.62. The molecule has 5 heteroatoms. The van der Waals surface area contributed by atoms with Crippen LogP contribution >= 0.6 is 11.6 Å². The van der Waals surface area contributed by atoms with Crippen molar-refractivity contribution in [2.45, 2.75) is 31.2 Å². The minimum Gasteiger partial charge on any atom is -0.491 e. The number of piperidine rings is 1. The van der Waals surface area contributed by atoms with Crippen molar-refractivity contribution < 1.29 is 9.53 Å². The Morgan fingerprint density at radius 3 is 2.82 bits per heavy atom. The summed E-state index contributed by atoms with van der Waals surface area (Å²) in [5, 5.41) is 0.586. The Labute approximate surface area is 137 Å². The molecule has 2 fully saturated rings. The molecule has 22 heavy (non-hydrogen) atoms. The lowest BCUT2D eigenvalue weighted by atomic mass is 9.78. The number of likely N-dealkylation sites (N-methyl/N-ethyl adjacent to an activating group) is 1. The van der Waals surface area contributed by atoms with E-state index in [9.17, 15) is 4.79 Å². The van der Waals surface area contributed by atoms with Crippen molar-refractivity contribution in [3.63, 3.8) is 0 Å². The monoisotopic (exact) mass is 322 g/mol. The van der Waals surface area contributed by atoms with Crippen LogP contribution in [0.3, 0.4) is 0 Å². The SMILES string of the molecule is CN1CC[C@@]12CCCN(C(=O)CCOc1ccccc1Cl)C2. The molecule has 0 unspecified atom stereocenters. The molecule has 3 rings (SSSR count). The van der Waals surface area contributed by atoms with Gasteiger partial charge in [-0.25, -0.2) is 0 Å². The molecule has 1 aromatic carbocycles. The van der Waals surface area contributed by atoms with Gasteiger partial charge in [0.2, 0.25) is 5.91 Å². The van der Waals surface area contributed by atoms with E-state index in [1.54, 1.807) is 6.07 Å². The van der Waals surface area contributed by atoms with Crippen LogP contribution in [0.2, 0.25) is 5.02 Å². The Kier molecular flexibility index (Phi) is 4.59. The van der Waals surface area contributed by atoms with Gasteiger partial charge in [-0.2, -0.15) is 0 Å². The fourth-order valence-electron chi connectivity index (χ4n) is 3.46. The molecule has 4 nitrogen and oxygen atoms in total. The molecule has 120 valence electrons. The van der Waals surface area contributed by atoms with Gasteiger partial charge in [0.25, 0.3) is 0 Å². The highest BCUT2D eigenvalue weighted by molar-refractivity contribution is 6.32. The molecule has 2 aliphatic heterocycles. The van der Waals surface area contributed by atoms with E-state index in [4.69, 9.17) is 16.3 Å². The highest BCUT2D eigenvalue weighted by atomic mass is 35.5. The van der Waals surface area contributed by atoms with Gasteiger partial charge < -0.3 is 9.64 Å². The van der Waals surface area contributed by atoms with E-state index in [1.165, 1.54) is 12.8 Å². The van der Waals surface area contributed by atoms with E-state index in [0.717, 1.165) is 26.1 Å². The zero-order valence-corrected chi connectivity index (χ0v) is 13.8. The topological polar surface area (TPSA) is 32.8 Å². The van der Waals surface area contributed by atoms with Gasteiger partial charge in [0.1, 0.15) is 5.75 Å². The zero-order chi connectivity index (χ0) is 15.6. The van der Waals surface area contributed by atoms with Gasteiger partial charge in [-0.15, -0.1) is 0 Å². The third-order valence-corrected chi connectivity index (χ3v) is 5.35. The molecule has 2 heterocycles. The molecule has 1 spiro atoms. The summed E-state index contributed by atoms with van der Waals surface area (Å²) >= 11 is 6.04. The summed E-state index contributed by atoms with van der Waals surface area (Å²) in [5.74, 6) is 0.831. The number of likely N-dealkylation sites (tertiary alicyclic amines) is 2. The first kappa shape index (κ1) is 15.6. The number of hydrogen-bond acceptors (Lipinski definition) is 3. The van der Waals surface area contributed by atoms with Crippen LogP contribution < -0.4 is 4.74 Å². The van der Waals surface area contributed by atoms with Gasteiger partial charge >= 0.3 is 0 Å². The molecule has 0 aliphatic carbocycles. The average molecular weight is 323 g/mol. The van der Waals surface area contributed by atoms with E-state index in [-0.39, 0.29) is 11.4 Å². The van der Waals surface area contributed by atoms with Crippen LogP contribution in [-0.2, 0) is 4.79 Å². The second kappa shape index (κ2) is 6.47. The number of hydrogen-bond donors (Lipinski definition) is 0. The standard InChI is InChI=1S/C17H23ClN2O2/c1-19-11-9-17(19)8-4-10-20(13-17)16(21)7-12-22-15-6-3-2-5-14(15)18/h2-3,5-6H,4,7-13H2,1H3/t17-/m1/s1. The van der Waals surface area contributed by atoms with Crippen LogP contribution in [0.25, 0.3) is 0 Å². The Balaban J connectivity index is 1.49. The third kappa shape index (κ3) is 3.08. The van der Waals surface area contributed by atoms with Crippen LogP contribution in [0, 0.1) is 0 Å². The Morgan fingerprint density at radius 1 is 1.32 bits per heavy atom. The molecular weight excluding hydrogens is 300 g/mol. The number of rotatable bonds is 4. The Bertz CT molecular complexity index is 551. The van der Waals surface area contributed by atoms with Crippen molar-refractivity contribution in [1.82, 2.24) is 9.80 Å². The molecule has 0 N–H and O–H groups in total. The van der Waals surface area contributed by atoms with E-state index < -0.39 is 0 Å². The van der Waals surface area contributed by atoms with Crippen LogP contribution in [0.5, 0.6) is 5.75 Å². The molecule has 0 aromatic heterocycles. The molecule has 1 aromatic rings. The highest BCUT2D eigenvalue weighted by Crippen LogP contribution is 2.37. The van der Waals surface area contributed by atoms with Crippen molar-refractivity contribution in [3.05, 3.63) is 29.3 Å². The van der Waals surface area contributed by atoms with Gasteiger partial charge in [0, 0.05) is 25.2 Å². The van der Waals surface area contributed by atoms with Gasteiger partial charge in [-0.05, 0) is 38.4 Å². The number of carbonyl (C=O) groups is 1. The maximum absolute atomic E-state index is 12.4. The zero-order valence-electron chi connectivity index (χ0n) is 13.1. The number of benzene rings is 1. The molecule has 1 atom stereocenters. The number of ether oxygens (including phenoxy) is 1. The maximum Gasteiger partial charge on any atom is 0.226 e. The minimum absolute atomic E-state index is 0.187. The second-order valence-corrected chi connectivity index (χ2v) is 6.75. The fraction of sp³-hybridized carbons (Fsp3) is 0.588. The highest BCUT2D eigenvalue weighted by Gasteiger charge is 2.45. The summed E-state index contributed by atoms with van der Waals surface area (Å²) in [6.45, 7) is 3.27. The van der Waals surface area contributed by atoms with Crippen molar-refractivity contribution in [1.29, 1.82) is 0 Å². The van der Waals surface area contributed by atoms with E-state index >= 15 is 0 Å². The second-order valence-electron chi connectivity index (χ2n) is 6.34. The van der Waals surface area contributed by atoms with Gasteiger partial charge in [-0.1, -0.05) is 23.7 Å². The van der Waals surface area contributed by atoms with Crippen LogP contribution in [-0.4, -0.2) is 54.5 Å². The molecule has 0 radical (unpaired) electrons. The van der Waals surface area contributed by atoms with Gasteiger partial charge in [-0.3, -0.25) is 9.69 Å². The van der Waals surface area contributed by atoms with Gasteiger partial charge in [0.15, 0.2) is 0 Å². The molecular formula is C17H23ClN2O2. The van der Waals surface area contributed by atoms with Crippen molar-refractivity contribution in [3.8, 4) is 5.75 Å². The molecule has 0 bridgehead atoms. The van der Waals surface area contributed by atoms with E-state index in [0.29, 0.717) is 23.8 Å². The van der Waals surface area contributed by atoms with Crippen molar-refractivity contribution in [2.24, 2.45) is 0 Å². The average Bonchev–Trinajstić information content (AvgIpc) is 2.55. The van der Waals surface area contributed by atoms with E-state index in [2.05, 4.69) is 11.9 Å². The number of carbonyl (C=O) groups excluding carboxylic acids is 1. The van der Waals surface area contributed by atoms with Crippen molar-refractivity contribution >= 4 is 17.5 Å². The Morgan fingerprint density at radius 2 is 2.14 bits per heavy atom. The van der Waals surface area contributed by atoms with Crippen LogP contribution in [0.4, 0.5) is 0 Å². The summed E-state index contributed by atoms with van der Waals surface area (Å²) in [5.41, 5.74) is 0.248. The minimum atomic E-state index is 0.187. The quantitative estimate of drug-likeness (QED) is 0.854. The van der Waals surface area contributed by atoms with E-state index in [1.807, 2.05) is 23.1 Å². The predicted molar refractivity (Wildman–Crippen MR) is 87.4 cm³/mol. The summed E-state index contributed by atoms with van der Waals surface area (Å²) in [7, 11) is 2.16. The first-order chi connectivity index (χ1) is 10.6. The molecule has 2 saturated heterocycles. The van der Waals surface area contributed by atoms with Crippen LogP contribution in [0.15, 0.2) is 24.3 Å². The lowest BCUT2D eigenvalue weighted by molar-refractivity contribution is -0.139. The van der Waals surface area contributed by atoms with Gasteiger partial charge in [0.05, 0.1) is 18.1 Å². The number of halogens is 1. The predicted octanol–water partition coefficient (Wildman–Crippen LogP) is 2.81. The fourth-order valence-corrected chi connectivity index (χ4v) is 3.65. The lowest BCUT2D eigenvalue weighted by Gasteiger charge is -2.55. The summed E-state index contributed by atoms with van der Waals surface area (Å²) in [6.07, 6.45) is 3.93. The lowest BCUT2D eigenvalue weighted by Crippen LogP contribution is -2.66. The van der Waals surface area contributed by atoms with Crippen molar-refractivity contribution in [2.75, 3.05) is 33.3 Å². The smallest absolute Gasteiger partial charge is 0.226 e. The summed E-state index contributed by atoms with van der Waals surface area (Å²) in [4.78, 5) is 16.8. The molecule has 0 saturated carbocycles. The normalized spacial score (nSPS) is 25.1.